The van der Waals surface area contributed by atoms with Crippen LogP contribution in [0.1, 0.15) is 31.5 Å². The highest BCUT2D eigenvalue weighted by molar-refractivity contribution is 5.88. The summed E-state index contributed by atoms with van der Waals surface area (Å²) in [6.45, 7) is 0. The number of benzene rings is 1. The van der Waals surface area contributed by atoms with Crippen LogP contribution in [0, 0.1) is 0 Å². The molecule has 3 heterocycles. The van der Waals surface area contributed by atoms with Gasteiger partial charge in [-0.2, -0.15) is 5.10 Å². The van der Waals surface area contributed by atoms with E-state index in [-0.39, 0.29) is 6.04 Å². The van der Waals surface area contributed by atoms with E-state index < -0.39 is 5.54 Å². The predicted molar refractivity (Wildman–Crippen MR) is 106 cm³/mol. The van der Waals surface area contributed by atoms with E-state index in [0.717, 1.165) is 53.2 Å². The Morgan fingerprint density at radius 1 is 1.07 bits per heavy atom. The smallest absolute Gasteiger partial charge is 0.169 e. The maximum absolute atomic E-state index is 6.61. The summed E-state index contributed by atoms with van der Waals surface area (Å²) >= 11 is 0. The van der Waals surface area contributed by atoms with E-state index in [0.29, 0.717) is 5.82 Å². The SMILES string of the molecule is NC1CCC(N)(c2ncc3c(-c4ccc5ncccc5c4)ccn3n2)CC1. The molecule has 1 aliphatic rings. The zero-order chi connectivity index (χ0) is 18.4. The topological polar surface area (TPSA) is 95.1 Å². The van der Waals surface area contributed by atoms with Gasteiger partial charge in [0.05, 0.1) is 22.8 Å². The number of aromatic nitrogens is 4. The average molecular weight is 358 g/mol. The van der Waals surface area contributed by atoms with Crippen LogP contribution in [-0.4, -0.2) is 25.6 Å². The van der Waals surface area contributed by atoms with Crippen molar-refractivity contribution >= 4 is 16.4 Å². The van der Waals surface area contributed by atoms with Gasteiger partial charge in [0.25, 0.3) is 0 Å². The maximum atomic E-state index is 6.61. The fourth-order valence-electron chi connectivity index (χ4n) is 3.99. The number of nitrogens with zero attached hydrogens (tertiary/aromatic N) is 4. The van der Waals surface area contributed by atoms with Gasteiger partial charge in [0.2, 0.25) is 0 Å². The molecular formula is C21H22N6. The van der Waals surface area contributed by atoms with Gasteiger partial charge in [-0.15, -0.1) is 0 Å². The van der Waals surface area contributed by atoms with Crippen LogP contribution >= 0.6 is 0 Å². The minimum atomic E-state index is -0.483. The summed E-state index contributed by atoms with van der Waals surface area (Å²) in [6, 6.07) is 12.6. The van der Waals surface area contributed by atoms with Gasteiger partial charge in [-0.05, 0) is 55.5 Å². The van der Waals surface area contributed by atoms with Crippen molar-refractivity contribution in [3.05, 3.63) is 60.8 Å². The van der Waals surface area contributed by atoms with Crippen LogP contribution in [0.15, 0.2) is 55.0 Å². The number of fused-ring (bicyclic) bond motifs is 2. The molecule has 0 saturated heterocycles. The van der Waals surface area contributed by atoms with Crippen LogP contribution in [0.2, 0.25) is 0 Å². The molecule has 1 aliphatic carbocycles. The second kappa shape index (κ2) is 6.11. The largest absolute Gasteiger partial charge is 0.328 e. The summed E-state index contributed by atoms with van der Waals surface area (Å²) in [5, 5.41) is 5.85. The van der Waals surface area contributed by atoms with Crippen LogP contribution in [0.3, 0.4) is 0 Å². The molecule has 1 fully saturated rings. The first kappa shape index (κ1) is 16.4. The zero-order valence-electron chi connectivity index (χ0n) is 15.0. The molecule has 0 bridgehead atoms. The predicted octanol–water partition coefficient (Wildman–Crippen LogP) is 3.00. The molecule has 6 nitrogen and oxygen atoms in total. The lowest BCUT2D eigenvalue weighted by molar-refractivity contribution is 0.262. The summed E-state index contributed by atoms with van der Waals surface area (Å²) in [5.74, 6) is 0.701. The monoisotopic (exact) mass is 358 g/mol. The standard InChI is InChI=1S/C21H22N6/c22-16-5-8-21(23,9-6-16)20-25-13-19-17(7-11-27(19)26-20)14-3-4-18-15(12-14)2-1-10-24-18/h1-4,7,10-13,16H,5-6,8-9,22-23H2. The van der Waals surface area contributed by atoms with Gasteiger partial charge in [-0.1, -0.05) is 12.1 Å². The van der Waals surface area contributed by atoms with Gasteiger partial charge in [0.1, 0.15) is 0 Å². The van der Waals surface area contributed by atoms with Crippen molar-refractivity contribution in [3.63, 3.8) is 0 Å². The van der Waals surface area contributed by atoms with Gasteiger partial charge in [0, 0.05) is 29.4 Å². The van der Waals surface area contributed by atoms with Gasteiger partial charge >= 0.3 is 0 Å². The highest BCUT2D eigenvalue weighted by Crippen LogP contribution is 2.33. The Morgan fingerprint density at radius 2 is 1.93 bits per heavy atom. The Bertz CT molecular complexity index is 1120. The van der Waals surface area contributed by atoms with Gasteiger partial charge in [-0.25, -0.2) is 9.50 Å². The van der Waals surface area contributed by atoms with Crippen molar-refractivity contribution in [3.8, 4) is 11.1 Å². The number of rotatable bonds is 2. The lowest BCUT2D eigenvalue weighted by Gasteiger charge is -2.34. The van der Waals surface area contributed by atoms with Crippen molar-refractivity contribution in [2.75, 3.05) is 0 Å². The average Bonchev–Trinajstić information content (AvgIpc) is 3.13. The third-order valence-electron chi connectivity index (χ3n) is 5.70. The lowest BCUT2D eigenvalue weighted by Crippen LogP contribution is -2.45. The summed E-state index contributed by atoms with van der Waals surface area (Å²) < 4.78 is 1.88. The van der Waals surface area contributed by atoms with Crippen LogP contribution in [-0.2, 0) is 5.54 Å². The first-order chi connectivity index (χ1) is 13.1. The van der Waals surface area contributed by atoms with Crippen LogP contribution in [0.4, 0.5) is 0 Å². The van der Waals surface area contributed by atoms with E-state index in [4.69, 9.17) is 16.6 Å². The van der Waals surface area contributed by atoms with Crippen molar-refractivity contribution in [2.24, 2.45) is 11.5 Å². The van der Waals surface area contributed by atoms with E-state index in [1.54, 1.807) is 0 Å². The third-order valence-corrected chi connectivity index (χ3v) is 5.70. The van der Waals surface area contributed by atoms with Crippen LogP contribution < -0.4 is 11.5 Å². The van der Waals surface area contributed by atoms with Gasteiger partial charge in [0.15, 0.2) is 5.82 Å². The maximum Gasteiger partial charge on any atom is 0.169 e. The van der Waals surface area contributed by atoms with E-state index in [2.05, 4.69) is 34.2 Å². The van der Waals surface area contributed by atoms with Crippen molar-refractivity contribution < 1.29 is 0 Å². The summed E-state index contributed by atoms with van der Waals surface area (Å²) in [5.41, 5.74) is 16.3. The Morgan fingerprint density at radius 3 is 2.78 bits per heavy atom. The minimum absolute atomic E-state index is 0.242. The quantitative estimate of drug-likeness (QED) is 0.574. The normalized spacial score (nSPS) is 23.1. The fraction of sp³-hybridized carbons (Fsp3) is 0.286. The molecule has 5 rings (SSSR count). The second-order valence-corrected chi connectivity index (χ2v) is 7.55. The Hall–Kier alpha value is -2.83. The summed E-state index contributed by atoms with van der Waals surface area (Å²) in [6.07, 6.45) is 9.15. The van der Waals surface area contributed by atoms with Crippen molar-refractivity contribution in [1.29, 1.82) is 0 Å². The highest BCUT2D eigenvalue weighted by Gasteiger charge is 2.35. The molecule has 0 spiro atoms. The van der Waals surface area contributed by atoms with E-state index in [1.807, 2.05) is 35.2 Å². The van der Waals surface area contributed by atoms with E-state index >= 15 is 0 Å². The third kappa shape index (κ3) is 2.78. The van der Waals surface area contributed by atoms with E-state index in [9.17, 15) is 0 Å². The van der Waals surface area contributed by atoms with Gasteiger partial charge < -0.3 is 11.5 Å². The molecule has 1 saturated carbocycles. The molecule has 0 aliphatic heterocycles. The molecular weight excluding hydrogens is 336 g/mol. The second-order valence-electron chi connectivity index (χ2n) is 7.55. The molecule has 6 heteroatoms. The summed E-state index contributed by atoms with van der Waals surface area (Å²) in [7, 11) is 0. The summed E-state index contributed by atoms with van der Waals surface area (Å²) in [4.78, 5) is 9.03. The molecule has 3 aromatic heterocycles. The number of hydrogen-bond donors (Lipinski definition) is 2. The molecule has 4 N–H and O–H groups in total. The molecule has 0 unspecified atom stereocenters. The Labute approximate surface area is 157 Å². The molecule has 0 radical (unpaired) electrons. The number of pyridine rings is 1. The Balaban J connectivity index is 1.55. The zero-order valence-corrected chi connectivity index (χ0v) is 15.0. The minimum Gasteiger partial charge on any atom is -0.328 e. The highest BCUT2D eigenvalue weighted by atomic mass is 15.3. The molecule has 1 aromatic carbocycles. The lowest BCUT2D eigenvalue weighted by atomic mass is 9.80. The van der Waals surface area contributed by atoms with Crippen LogP contribution in [0.5, 0.6) is 0 Å². The molecule has 0 amide bonds. The molecule has 27 heavy (non-hydrogen) atoms. The molecule has 4 aromatic rings. The van der Waals surface area contributed by atoms with Crippen molar-refractivity contribution in [1.82, 2.24) is 19.6 Å². The number of hydrogen-bond acceptors (Lipinski definition) is 5. The Kier molecular flexibility index (Phi) is 3.70. The first-order valence-electron chi connectivity index (χ1n) is 9.37. The van der Waals surface area contributed by atoms with Gasteiger partial charge in [-0.3, -0.25) is 4.98 Å². The molecule has 0 atom stereocenters. The van der Waals surface area contributed by atoms with E-state index in [1.165, 1.54) is 0 Å². The van der Waals surface area contributed by atoms with Crippen LogP contribution in [0.25, 0.3) is 27.5 Å². The van der Waals surface area contributed by atoms with Crippen molar-refractivity contribution in [2.45, 2.75) is 37.3 Å². The fourth-order valence-corrected chi connectivity index (χ4v) is 3.99. The first-order valence-corrected chi connectivity index (χ1v) is 9.37. The molecule has 136 valence electrons. The number of nitrogens with two attached hydrogens (primary N) is 2.